The fourth-order valence-electron chi connectivity index (χ4n) is 2.97. The summed E-state index contributed by atoms with van der Waals surface area (Å²) in [5.41, 5.74) is 3.15. The van der Waals surface area contributed by atoms with E-state index in [1.807, 2.05) is 30.3 Å². The van der Waals surface area contributed by atoms with Crippen LogP contribution in [0.4, 0.5) is 17.5 Å². The van der Waals surface area contributed by atoms with Gasteiger partial charge in [-0.15, -0.1) is 0 Å². The summed E-state index contributed by atoms with van der Waals surface area (Å²) in [5.74, 6) is 0.447. The van der Waals surface area contributed by atoms with Crippen LogP contribution in [0.1, 0.15) is 10.4 Å². The van der Waals surface area contributed by atoms with Gasteiger partial charge in [0.1, 0.15) is 17.4 Å². The number of amides is 1. The van der Waals surface area contributed by atoms with Crippen LogP contribution in [0.3, 0.4) is 0 Å². The van der Waals surface area contributed by atoms with Gasteiger partial charge in [-0.1, -0.05) is 30.3 Å². The molecule has 2 N–H and O–H groups in total. The molecular weight excluding hydrogens is 368 g/mol. The van der Waals surface area contributed by atoms with E-state index in [2.05, 4.69) is 30.6 Å². The van der Waals surface area contributed by atoms with Crippen molar-refractivity contribution in [1.82, 2.24) is 19.9 Å². The van der Waals surface area contributed by atoms with Crippen molar-refractivity contribution in [2.75, 3.05) is 10.6 Å². The number of para-hydroxylation sites is 1. The Morgan fingerprint density at radius 3 is 2.45 bits per heavy atom. The van der Waals surface area contributed by atoms with E-state index in [1.54, 1.807) is 36.7 Å². The molecule has 0 aliphatic carbocycles. The number of aromatic nitrogens is 4. The Hall–Kier alpha value is -4.33. The van der Waals surface area contributed by atoms with Crippen molar-refractivity contribution in [2.45, 2.75) is 0 Å². The minimum atomic E-state index is -0.272. The molecule has 0 saturated heterocycles. The smallest absolute Gasteiger partial charge is 0.258 e. The van der Waals surface area contributed by atoms with Gasteiger partial charge in [-0.25, -0.2) is 19.9 Å². The number of hydrogen-bond acceptors (Lipinski definition) is 7. The van der Waals surface area contributed by atoms with Crippen LogP contribution in [0.2, 0.25) is 0 Å². The Kier molecular flexibility index (Phi) is 4.06. The lowest BCUT2D eigenvalue weighted by molar-refractivity contribution is 0.102. The van der Waals surface area contributed by atoms with Crippen LogP contribution in [-0.2, 0) is 0 Å². The minimum absolute atomic E-state index is 0.209. The molecule has 0 aliphatic rings. The molecule has 5 rings (SSSR count). The number of benzene rings is 2. The van der Waals surface area contributed by atoms with Crippen molar-refractivity contribution in [1.29, 1.82) is 0 Å². The molecule has 0 unspecified atom stereocenters. The third kappa shape index (κ3) is 3.23. The van der Waals surface area contributed by atoms with Gasteiger partial charge >= 0.3 is 0 Å². The number of carbonyl (C=O) groups is 1. The van der Waals surface area contributed by atoms with Crippen LogP contribution in [-0.4, -0.2) is 25.8 Å². The molecule has 8 heteroatoms. The Bertz CT molecular complexity index is 1320. The quantitative estimate of drug-likeness (QED) is 0.481. The van der Waals surface area contributed by atoms with Crippen LogP contribution in [0.5, 0.6) is 0 Å². The molecule has 140 valence electrons. The van der Waals surface area contributed by atoms with E-state index in [4.69, 9.17) is 4.42 Å². The molecule has 3 heterocycles. The summed E-state index contributed by atoms with van der Waals surface area (Å²) in [5, 5.41) is 6.72. The summed E-state index contributed by atoms with van der Waals surface area (Å²) >= 11 is 0. The fourth-order valence-corrected chi connectivity index (χ4v) is 2.97. The van der Waals surface area contributed by atoms with Gasteiger partial charge in [0.2, 0.25) is 5.95 Å². The highest BCUT2D eigenvalue weighted by molar-refractivity contribution is 6.06. The second-order valence-corrected chi connectivity index (χ2v) is 6.24. The third-order valence-corrected chi connectivity index (χ3v) is 4.33. The molecule has 0 saturated carbocycles. The molecule has 0 radical (unpaired) electrons. The van der Waals surface area contributed by atoms with Crippen molar-refractivity contribution >= 4 is 45.4 Å². The molecule has 0 bridgehead atoms. The summed E-state index contributed by atoms with van der Waals surface area (Å²) in [7, 11) is 0. The Labute approximate surface area is 164 Å². The van der Waals surface area contributed by atoms with Gasteiger partial charge < -0.3 is 9.73 Å². The van der Waals surface area contributed by atoms with Gasteiger partial charge in [-0.2, -0.15) is 0 Å². The van der Waals surface area contributed by atoms with Gasteiger partial charge in [0.25, 0.3) is 5.91 Å². The predicted molar refractivity (Wildman–Crippen MR) is 109 cm³/mol. The van der Waals surface area contributed by atoms with Gasteiger partial charge in [0.15, 0.2) is 11.4 Å². The highest BCUT2D eigenvalue weighted by atomic mass is 16.3. The Balaban J connectivity index is 1.38. The van der Waals surface area contributed by atoms with Crippen molar-refractivity contribution in [3.63, 3.8) is 0 Å². The highest BCUT2D eigenvalue weighted by Crippen LogP contribution is 2.31. The van der Waals surface area contributed by atoms with Crippen molar-refractivity contribution in [3.05, 3.63) is 78.9 Å². The SMILES string of the molecule is O=C(Nc1ncc(Nc2ncnc3c2oc2ccccc23)cn1)c1ccccc1. The average molecular weight is 382 g/mol. The number of furan rings is 1. The number of fused-ring (bicyclic) bond motifs is 3. The van der Waals surface area contributed by atoms with Crippen LogP contribution >= 0.6 is 0 Å². The molecule has 2 aromatic carbocycles. The van der Waals surface area contributed by atoms with Gasteiger partial charge in [0, 0.05) is 10.9 Å². The van der Waals surface area contributed by atoms with Crippen LogP contribution < -0.4 is 10.6 Å². The number of nitrogens with one attached hydrogen (secondary N) is 2. The average Bonchev–Trinajstić information content (AvgIpc) is 3.16. The monoisotopic (exact) mass is 382 g/mol. The first-order valence-corrected chi connectivity index (χ1v) is 8.85. The van der Waals surface area contributed by atoms with Crippen LogP contribution in [0.25, 0.3) is 22.1 Å². The number of nitrogens with zero attached hydrogens (tertiary/aromatic N) is 4. The first-order chi connectivity index (χ1) is 14.3. The molecule has 29 heavy (non-hydrogen) atoms. The van der Waals surface area contributed by atoms with E-state index in [0.717, 1.165) is 16.5 Å². The molecular formula is C21H14N6O2. The van der Waals surface area contributed by atoms with Crippen LogP contribution in [0, 0.1) is 0 Å². The van der Waals surface area contributed by atoms with Crippen LogP contribution in [0.15, 0.2) is 77.7 Å². The molecule has 8 nitrogen and oxygen atoms in total. The summed E-state index contributed by atoms with van der Waals surface area (Å²) in [6.07, 6.45) is 4.59. The first kappa shape index (κ1) is 16.8. The van der Waals surface area contributed by atoms with Gasteiger partial charge in [-0.3, -0.25) is 10.1 Å². The van der Waals surface area contributed by atoms with Crippen molar-refractivity contribution < 1.29 is 9.21 Å². The molecule has 0 aliphatic heterocycles. The molecule has 3 aromatic heterocycles. The Morgan fingerprint density at radius 1 is 0.862 bits per heavy atom. The molecule has 0 spiro atoms. The largest absolute Gasteiger partial charge is 0.450 e. The number of hydrogen-bond donors (Lipinski definition) is 2. The Morgan fingerprint density at radius 2 is 1.62 bits per heavy atom. The van der Waals surface area contributed by atoms with E-state index < -0.39 is 0 Å². The maximum Gasteiger partial charge on any atom is 0.258 e. The van der Waals surface area contributed by atoms with E-state index in [9.17, 15) is 4.79 Å². The minimum Gasteiger partial charge on any atom is -0.450 e. The zero-order valence-corrected chi connectivity index (χ0v) is 15.0. The van der Waals surface area contributed by atoms with E-state index >= 15 is 0 Å². The van der Waals surface area contributed by atoms with E-state index in [0.29, 0.717) is 22.7 Å². The topological polar surface area (TPSA) is 106 Å². The number of carbonyl (C=O) groups excluding carboxylic acids is 1. The number of anilines is 3. The summed E-state index contributed by atoms with van der Waals surface area (Å²) in [6, 6.07) is 16.5. The lowest BCUT2D eigenvalue weighted by Gasteiger charge is -2.06. The second kappa shape index (κ2) is 7.01. The van der Waals surface area contributed by atoms with Gasteiger partial charge in [-0.05, 0) is 24.3 Å². The van der Waals surface area contributed by atoms with Gasteiger partial charge in [0.05, 0.1) is 18.1 Å². The zero-order chi connectivity index (χ0) is 19.6. The summed E-state index contributed by atoms with van der Waals surface area (Å²) in [6.45, 7) is 0. The maximum atomic E-state index is 12.2. The van der Waals surface area contributed by atoms with Crippen molar-refractivity contribution in [3.8, 4) is 0 Å². The second-order valence-electron chi connectivity index (χ2n) is 6.24. The van der Waals surface area contributed by atoms with E-state index in [-0.39, 0.29) is 11.9 Å². The maximum absolute atomic E-state index is 12.2. The first-order valence-electron chi connectivity index (χ1n) is 8.85. The molecule has 1 amide bonds. The normalized spacial score (nSPS) is 10.9. The highest BCUT2D eigenvalue weighted by Gasteiger charge is 2.13. The number of rotatable bonds is 4. The van der Waals surface area contributed by atoms with E-state index in [1.165, 1.54) is 6.33 Å². The molecule has 0 atom stereocenters. The third-order valence-electron chi connectivity index (χ3n) is 4.33. The zero-order valence-electron chi connectivity index (χ0n) is 15.0. The van der Waals surface area contributed by atoms with Crippen molar-refractivity contribution in [2.24, 2.45) is 0 Å². The predicted octanol–water partition coefficient (Wildman–Crippen LogP) is 4.16. The standard InChI is InChI=1S/C21H14N6O2/c28-20(13-6-2-1-3-7-13)27-21-22-10-14(11-23-21)26-19-18-17(24-12-25-19)15-8-4-5-9-16(15)29-18/h1-12H,(H,24,25,26)(H,22,23,27,28). The fraction of sp³-hybridized carbons (Fsp3) is 0. The summed E-state index contributed by atoms with van der Waals surface area (Å²) < 4.78 is 5.90. The molecule has 5 aromatic rings. The molecule has 0 fully saturated rings. The lowest BCUT2D eigenvalue weighted by Crippen LogP contribution is -2.14. The lowest BCUT2D eigenvalue weighted by atomic mass is 10.2. The summed E-state index contributed by atoms with van der Waals surface area (Å²) in [4.78, 5) is 29.1.